The van der Waals surface area contributed by atoms with E-state index in [2.05, 4.69) is 19.2 Å². The van der Waals surface area contributed by atoms with Crippen LogP contribution in [0, 0.1) is 5.92 Å². The second kappa shape index (κ2) is 9.89. The van der Waals surface area contributed by atoms with Crippen LogP contribution in [0.4, 0.5) is 0 Å². The van der Waals surface area contributed by atoms with Crippen LogP contribution in [0.3, 0.4) is 0 Å². The van der Waals surface area contributed by atoms with Gasteiger partial charge in [-0.2, -0.15) is 4.31 Å². The summed E-state index contributed by atoms with van der Waals surface area (Å²) in [5, 5.41) is 3.07. The molecule has 0 saturated heterocycles. The van der Waals surface area contributed by atoms with E-state index in [1.54, 1.807) is 31.4 Å². The average Bonchev–Trinajstić information content (AvgIpc) is 2.67. The number of hydrogen-bond donors (Lipinski definition) is 1. The van der Waals surface area contributed by atoms with Gasteiger partial charge in [-0.05, 0) is 35.6 Å². The number of nitrogens with zero attached hydrogens (tertiary/aromatic N) is 1. The first-order valence-corrected chi connectivity index (χ1v) is 11.4. The summed E-state index contributed by atoms with van der Waals surface area (Å²) in [5.74, 6) is 0.721. The fourth-order valence-electron chi connectivity index (χ4n) is 3.19. The molecule has 0 aromatic heterocycles. The topological polar surface area (TPSA) is 75.7 Å². The molecule has 7 heteroatoms. The number of methoxy groups -OCH3 is 1. The predicted octanol–water partition coefficient (Wildman–Crippen LogP) is 3.53. The molecular weight excluding hydrogens is 388 g/mol. The molecule has 0 radical (unpaired) electrons. The van der Waals surface area contributed by atoms with Gasteiger partial charge in [0.2, 0.25) is 15.9 Å². The van der Waals surface area contributed by atoms with Crippen molar-refractivity contribution in [2.24, 2.45) is 5.92 Å². The third-order valence-corrected chi connectivity index (χ3v) is 6.05. The summed E-state index contributed by atoms with van der Waals surface area (Å²) >= 11 is 0. The van der Waals surface area contributed by atoms with Gasteiger partial charge in [0.15, 0.2) is 0 Å². The Kier molecular flexibility index (Phi) is 7.81. The lowest BCUT2D eigenvalue weighted by Gasteiger charge is -2.29. The number of carbonyl (C=O) groups is 1. The summed E-state index contributed by atoms with van der Waals surface area (Å²) in [4.78, 5) is 13.3. The van der Waals surface area contributed by atoms with Crippen molar-refractivity contribution >= 4 is 15.9 Å². The van der Waals surface area contributed by atoms with Gasteiger partial charge in [0.25, 0.3) is 0 Å². The van der Waals surface area contributed by atoms with E-state index < -0.39 is 16.1 Å². The number of benzene rings is 2. The first-order valence-electron chi connectivity index (χ1n) is 9.55. The van der Waals surface area contributed by atoms with Gasteiger partial charge in [-0.15, -0.1) is 0 Å². The molecule has 1 amide bonds. The van der Waals surface area contributed by atoms with Gasteiger partial charge in [-0.25, -0.2) is 8.42 Å². The smallest absolute Gasteiger partial charge is 0.243 e. The standard InChI is InChI=1S/C22H30N2O4S/c1-16(2)15-20(17-11-13-19(28-4)14-12-17)23-22(25)21(24(3)29(5,26)27)18-9-7-6-8-10-18/h6-14,16,20-21H,15H2,1-5H3,(H,23,25). The van der Waals surface area contributed by atoms with Crippen molar-refractivity contribution in [3.05, 3.63) is 65.7 Å². The maximum absolute atomic E-state index is 13.3. The highest BCUT2D eigenvalue weighted by molar-refractivity contribution is 7.88. The van der Waals surface area contributed by atoms with E-state index in [0.717, 1.165) is 28.3 Å². The Morgan fingerprint density at radius 1 is 1.03 bits per heavy atom. The highest BCUT2D eigenvalue weighted by Crippen LogP contribution is 2.27. The van der Waals surface area contributed by atoms with E-state index in [4.69, 9.17) is 4.74 Å². The molecule has 0 aliphatic heterocycles. The quantitative estimate of drug-likeness (QED) is 0.676. The number of carbonyl (C=O) groups excluding carboxylic acids is 1. The van der Waals surface area contributed by atoms with Crippen LogP contribution in [0.1, 0.15) is 43.5 Å². The minimum atomic E-state index is -3.57. The van der Waals surface area contributed by atoms with Gasteiger partial charge < -0.3 is 10.1 Å². The molecule has 29 heavy (non-hydrogen) atoms. The lowest BCUT2D eigenvalue weighted by atomic mass is 9.96. The van der Waals surface area contributed by atoms with Crippen LogP contribution in [-0.4, -0.2) is 39.0 Å². The molecule has 158 valence electrons. The minimum Gasteiger partial charge on any atom is -0.497 e. The van der Waals surface area contributed by atoms with Crippen molar-refractivity contribution in [2.45, 2.75) is 32.4 Å². The van der Waals surface area contributed by atoms with Crippen LogP contribution >= 0.6 is 0 Å². The van der Waals surface area contributed by atoms with E-state index >= 15 is 0 Å². The van der Waals surface area contributed by atoms with Gasteiger partial charge in [0.05, 0.1) is 19.4 Å². The SMILES string of the molecule is COc1ccc(C(CC(C)C)NC(=O)C(c2ccccc2)N(C)S(C)(=O)=O)cc1. The highest BCUT2D eigenvalue weighted by Gasteiger charge is 2.32. The Bertz CT molecular complexity index is 896. The molecule has 2 atom stereocenters. The Morgan fingerprint density at radius 3 is 2.10 bits per heavy atom. The van der Waals surface area contributed by atoms with Gasteiger partial charge in [0, 0.05) is 7.05 Å². The van der Waals surface area contributed by atoms with Crippen LogP contribution in [0.15, 0.2) is 54.6 Å². The zero-order valence-electron chi connectivity index (χ0n) is 17.6. The first kappa shape index (κ1) is 22.9. The lowest BCUT2D eigenvalue weighted by molar-refractivity contribution is -0.125. The molecule has 0 bridgehead atoms. The lowest BCUT2D eigenvalue weighted by Crippen LogP contribution is -2.42. The first-order chi connectivity index (χ1) is 13.6. The highest BCUT2D eigenvalue weighted by atomic mass is 32.2. The second-order valence-electron chi connectivity index (χ2n) is 7.56. The van der Waals surface area contributed by atoms with Crippen LogP contribution in [-0.2, 0) is 14.8 Å². The molecule has 0 aliphatic rings. The average molecular weight is 419 g/mol. The number of hydrogen-bond acceptors (Lipinski definition) is 4. The Balaban J connectivity index is 2.36. The van der Waals surface area contributed by atoms with Crippen LogP contribution < -0.4 is 10.1 Å². The van der Waals surface area contributed by atoms with E-state index in [1.807, 2.05) is 30.3 Å². The Labute approximate surface area is 173 Å². The van der Waals surface area contributed by atoms with Gasteiger partial charge in [-0.1, -0.05) is 56.3 Å². The molecule has 2 unspecified atom stereocenters. The maximum atomic E-state index is 13.3. The second-order valence-corrected chi connectivity index (χ2v) is 9.60. The van der Waals surface area contributed by atoms with E-state index in [1.165, 1.54) is 7.05 Å². The molecule has 0 aliphatic carbocycles. The largest absolute Gasteiger partial charge is 0.497 e. The summed E-state index contributed by atoms with van der Waals surface area (Å²) < 4.78 is 30.7. The summed E-state index contributed by atoms with van der Waals surface area (Å²) in [5.41, 5.74) is 1.57. The normalized spacial score (nSPS) is 13.9. The van der Waals surface area contributed by atoms with Crippen LogP contribution in [0.2, 0.25) is 0 Å². The molecule has 0 spiro atoms. The maximum Gasteiger partial charge on any atom is 0.243 e. The van der Waals surface area contributed by atoms with Gasteiger partial charge in [0.1, 0.15) is 11.8 Å². The number of nitrogens with one attached hydrogen (secondary N) is 1. The van der Waals surface area contributed by atoms with Crippen molar-refractivity contribution in [2.75, 3.05) is 20.4 Å². The number of sulfonamides is 1. The summed E-state index contributed by atoms with van der Waals surface area (Å²) in [6.45, 7) is 4.17. The zero-order chi connectivity index (χ0) is 21.6. The van der Waals surface area contributed by atoms with Gasteiger partial charge in [-0.3, -0.25) is 4.79 Å². The van der Waals surface area contributed by atoms with Gasteiger partial charge >= 0.3 is 0 Å². The van der Waals surface area contributed by atoms with Crippen LogP contribution in [0.25, 0.3) is 0 Å². The Morgan fingerprint density at radius 2 is 1.62 bits per heavy atom. The van der Waals surface area contributed by atoms with E-state index in [-0.39, 0.29) is 11.9 Å². The number of amides is 1. The number of likely N-dealkylation sites (N-methyl/N-ethyl adjacent to an activating group) is 1. The third kappa shape index (κ3) is 6.30. The molecule has 0 fully saturated rings. The number of ether oxygens (including phenoxy) is 1. The van der Waals surface area contributed by atoms with Crippen molar-refractivity contribution in [1.29, 1.82) is 0 Å². The van der Waals surface area contributed by atoms with Crippen molar-refractivity contribution < 1.29 is 17.9 Å². The van der Waals surface area contributed by atoms with E-state index in [0.29, 0.717) is 11.5 Å². The summed E-state index contributed by atoms with van der Waals surface area (Å²) in [6, 6.07) is 15.3. The fraction of sp³-hybridized carbons (Fsp3) is 0.409. The summed E-state index contributed by atoms with van der Waals surface area (Å²) in [6.07, 6.45) is 1.83. The minimum absolute atomic E-state index is 0.243. The summed E-state index contributed by atoms with van der Waals surface area (Å²) in [7, 11) is -0.539. The van der Waals surface area contributed by atoms with Crippen molar-refractivity contribution in [3.8, 4) is 5.75 Å². The molecule has 2 aromatic rings. The van der Waals surface area contributed by atoms with Crippen molar-refractivity contribution in [3.63, 3.8) is 0 Å². The van der Waals surface area contributed by atoms with Crippen LogP contribution in [0.5, 0.6) is 5.75 Å². The molecule has 2 rings (SSSR count). The zero-order valence-corrected chi connectivity index (χ0v) is 18.4. The molecule has 2 aromatic carbocycles. The monoisotopic (exact) mass is 418 g/mol. The third-order valence-electron chi connectivity index (χ3n) is 4.79. The molecular formula is C22H30N2O4S. The number of rotatable bonds is 9. The van der Waals surface area contributed by atoms with E-state index in [9.17, 15) is 13.2 Å². The van der Waals surface area contributed by atoms with Crippen molar-refractivity contribution in [1.82, 2.24) is 9.62 Å². The Hall–Kier alpha value is -2.38. The molecule has 0 saturated carbocycles. The predicted molar refractivity (Wildman–Crippen MR) is 115 cm³/mol. The fourth-order valence-corrected chi connectivity index (χ4v) is 3.79. The molecule has 1 N–H and O–H groups in total. The molecule has 6 nitrogen and oxygen atoms in total. The molecule has 0 heterocycles.